The summed E-state index contributed by atoms with van der Waals surface area (Å²) in [5, 5.41) is 7.09. The number of aromatic nitrogens is 3. The maximum absolute atomic E-state index is 14.3. The molecule has 144 valence electrons. The van der Waals surface area contributed by atoms with Crippen molar-refractivity contribution in [1.82, 2.24) is 20.1 Å². The number of likely N-dealkylation sites (N-methyl/N-ethyl adjacent to an activating group) is 1. The van der Waals surface area contributed by atoms with Gasteiger partial charge in [0.15, 0.2) is 11.5 Å². The van der Waals surface area contributed by atoms with Crippen molar-refractivity contribution in [2.24, 2.45) is 0 Å². The second-order valence-corrected chi connectivity index (χ2v) is 7.08. The number of nitrogens with zero attached hydrogens (tertiary/aromatic N) is 4. The average molecular weight is 379 g/mol. The molecular weight excluding hydrogens is 357 g/mol. The van der Waals surface area contributed by atoms with Crippen molar-refractivity contribution >= 4 is 11.7 Å². The van der Waals surface area contributed by atoms with Gasteiger partial charge in [-0.05, 0) is 30.0 Å². The van der Waals surface area contributed by atoms with Crippen molar-refractivity contribution in [3.05, 3.63) is 77.5 Å². The number of benzene rings is 1. The van der Waals surface area contributed by atoms with Gasteiger partial charge in [-0.1, -0.05) is 36.4 Å². The number of hydrogen-bond acceptors (Lipinski definition) is 4. The SMILES string of the molecule is CN1C[C@@H](NC(=O)c2nn(Cc3ccccc3)cc2F)CCc2cccnc21. The largest absolute Gasteiger partial charge is 0.357 e. The number of fused-ring (bicyclic) bond motifs is 1. The van der Waals surface area contributed by atoms with Gasteiger partial charge < -0.3 is 10.2 Å². The number of carbonyl (C=O) groups excluding carboxylic acids is 1. The van der Waals surface area contributed by atoms with E-state index in [0.29, 0.717) is 13.1 Å². The first-order chi connectivity index (χ1) is 13.6. The topological polar surface area (TPSA) is 63.1 Å². The molecule has 1 atom stereocenters. The fraction of sp³-hybridized carbons (Fsp3) is 0.286. The summed E-state index contributed by atoms with van der Waals surface area (Å²) in [6, 6.07) is 13.5. The zero-order valence-electron chi connectivity index (χ0n) is 15.7. The molecule has 0 spiro atoms. The number of nitrogens with one attached hydrogen (secondary N) is 1. The molecule has 1 aliphatic rings. The van der Waals surface area contributed by atoms with Crippen molar-refractivity contribution in [2.45, 2.75) is 25.4 Å². The lowest BCUT2D eigenvalue weighted by molar-refractivity contribution is 0.0926. The predicted molar refractivity (Wildman–Crippen MR) is 105 cm³/mol. The lowest BCUT2D eigenvalue weighted by atomic mass is 10.1. The molecular formula is C21H22FN5O. The molecule has 1 amide bonds. The number of carbonyl (C=O) groups is 1. The Bertz CT molecular complexity index is 972. The van der Waals surface area contributed by atoms with Crippen LogP contribution < -0.4 is 10.2 Å². The van der Waals surface area contributed by atoms with Gasteiger partial charge in [-0.25, -0.2) is 9.37 Å². The molecule has 0 bridgehead atoms. The molecule has 6 nitrogen and oxygen atoms in total. The smallest absolute Gasteiger partial charge is 0.275 e. The molecule has 4 rings (SSSR count). The first-order valence-corrected chi connectivity index (χ1v) is 9.33. The number of anilines is 1. The van der Waals surface area contributed by atoms with Crippen LogP contribution in [0.4, 0.5) is 10.2 Å². The zero-order chi connectivity index (χ0) is 19.5. The molecule has 0 saturated heterocycles. The van der Waals surface area contributed by atoms with Crippen LogP contribution in [0.25, 0.3) is 0 Å². The Morgan fingerprint density at radius 1 is 1.25 bits per heavy atom. The fourth-order valence-corrected chi connectivity index (χ4v) is 3.58. The van der Waals surface area contributed by atoms with Gasteiger partial charge in [0, 0.05) is 25.8 Å². The average Bonchev–Trinajstić information content (AvgIpc) is 2.98. The Balaban J connectivity index is 1.44. The van der Waals surface area contributed by atoms with Gasteiger partial charge in [0.1, 0.15) is 5.82 Å². The summed E-state index contributed by atoms with van der Waals surface area (Å²) in [5.41, 5.74) is 1.98. The van der Waals surface area contributed by atoms with Gasteiger partial charge in [0.2, 0.25) is 0 Å². The number of amides is 1. The van der Waals surface area contributed by atoms with Crippen molar-refractivity contribution in [3.8, 4) is 0 Å². The van der Waals surface area contributed by atoms with Crippen LogP contribution in [0.3, 0.4) is 0 Å². The minimum absolute atomic E-state index is 0.106. The molecule has 0 saturated carbocycles. The van der Waals surface area contributed by atoms with Gasteiger partial charge in [-0.3, -0.25) is 9.48 Å². The van der Waals surface area contributed by atoms with Crippen LogP contribution in [-0.4, -0.2) is 40.3 Å². The number of rotatable bonds is 4. The molecule has 0 unspecified atom stereocenters. The minimum atomic E-state index is -0.611. The molecule has 0 aliphatic carbocycles. The van der Waals surface area contributed by atoms with E-state index in [9.17, 15) is 9.18 Å². The van der Waals surface area contributed by atoms with Crippen LogP contribution in [0.1, 0.15) is 28.0 Å². The number of halogens is 1. The van der Waals surface area contributed by atoms with E-state index in [1.165, 1.54) is 10.9 Å². The summed E-state index contributed by atoms with van der Waals surface area (Å²) in [6.07, 6.45) is 4.61. The van der Waals surface area contributed by atoms with Crippen molar-refractivity contribution < 1.29 is 9.18 Å². The van der Waals surface area contributed by atoms with Crippen molar-refractivity contribution in [1.29, 1.82) is 0 Å². The Hall–Kier alpha value is -3.22. The van der Waals surface area contributed by atoms with E-state index in [2.05, 4.69) is 15.4 Å². The number of hydrogen-bond donors (Lipinski definition) is 1. The summed E-state index contributed by atoms with van der Waals surface area (Å²) in [4.78, 5) is 19.1. The minimum Gasteiger partial charge on any atom is -0.357 e. The summed E-state index contributed by atoms with van der Waals surface area (Å²) < 4.78 is 15.8. The van der Waals surface area contributed by atoms with Gasteiger partial charge >= 0.3 is 0 Å². The van der Waals surface area contributed by atoms with E-state index in [1.54, 1.807) is 6.20 Å². The summed E-state index contributed by atoms with van der Waals surface area (Å²) in [6.45, 7) is 1.03. The monoisotopic (exact) mass is 379 g/mol. The van der Waals surface area contributed by atoms with Gasteiger partial charge in [-0.2, -0.15) is 5.10 Å². The quantitative estimate of drug-likeness (QED) is 0.757. The molecule has 0 radical (unpaired) electrons. The van der Waals surface area contributed by atoms with Crippen molar-refractivity contribution in [3.63, 3.8) is 0 Å². The molecule has 3 heterocycles. The van der Waals surface area contributed by atoms with E-state index in [-0.39, 0.29) is 11.7 Å². The lowest BCUT2D eigenvalue weighted by Crippen LogP contribution is -2.42. The highest BCUT2D eigenvalue weighted by atomic mass is 19.1. The Morgan fingerprint density at radius 2 is 2.07 bits per heavy atom. The Labute approximate surface area is 163 Å². The van der Waals surface area contributed by atoms with Gasteiger partial charge in [0.05, 0.1) is 12.7 Å². The molecule has 7 heteroatoms. The molecule has 2 aromatic heterocycles. The molecule has 28 heavy (non-hydrogen) atoms. The Morgan fingerprint density at radius 3 is 2.89 bits per heavy atom. The van der Waals surface area contributed by atoms with Crippen LogP contribution in [0, 0.1) is 5.82 Å². The molecule has 1 N–H and O–H groups in total. The third kappa shape index (κ3) is 3.88. The number of aryl methyl sites for hydroxylation is 1. The fourth-order valence-electron chi connectivity index (χ4n) is 3.58. The Kier molecular flexibility index (Phi) is 5.06. The molecule has 1 aromatic carbocycles. The standard InChI is InChI=1S/C21H22FN5O/c1-26-13-17(10-9-16-8-5-11-23-20(16)26)24-21(28)19-18(22)14-27(25-19)12-15-6-3-2-4-7-15/h2-8,11,14,17H,9-10,12-13H2,1H3,(H,24,28)/t17-/m0/s1. The third-order valence-electron chi connectivity index (χ3n) is 4.94. The van der Waals surface area contributed by atoms with Crippen LogP contribution in [-0.2, 0) is 13.0 Å². The molecule has 1 aliphatic heterocycles. The van der Waals surface area contributed by atoms with Gasteiger partial charge in [0.25, 0.3) is 5.91 Å². The highest BCUT2D eigenvalue weighted by Gasteiger charge is 2.24. The van der Waals surface area contributed by atoms with E-state index < -0.39 is 11.7 Å². The zero-order valence-corrected chi connectivity index (χ0v) is 15.7. The van der Waals surface area contributed by atoms with Crippen LogP contribution in [0.2, 0.25) is 0 Å². The molecule has 3 aromatic rings. The third-order valence-corrected chi connectivity index (χ3v) is 4.94. The predicted octanol–water partition coefficient (Wildman–Crippen LogP) is 2.65. The summed E-state index contributed by atoms with van der Waals surface area (Å²) in [5.74, 6) is -0.167. The summed E-state index contributed by atoms with van der Waals surface area (Å²) in [7, 11) is 1.95. The molecule has 0 fully saturated rings. The van der Waals surface area contributed by atoms with E-state index in [4.69, 9.17) is 0 Å². The van der Waals surface area contributed by atoms with Crippen molar-refractivity contribution in [2.75, 3.05) is 18.5 Å². The highest BCUT2D eigenvalue weighted by molar-refractivity contribution is 5.92. The maximum Gasteiger partial charge on any atom is 0.275 e. The first kappa shape index (κ1) is 18.2. The second-order valence-electron chi connectivity index (χ2n) is 7.08. The van der Waals surface area contributed by atoms with Crippen LogP contribution >= 0.6 is 0 Å². The first-order valence-electron chi connectivity index (χ1n) is 9.33. The van der Waals surface area contributed by atoms with Crippen LogP contribution in [0.15, 0.2) is 54.9 Å². The summed E-state index contributed by atoms with van der Waals surface area (Å²) >= 11 is 0. The lowest BCUT2D eigenvalue weighted by Gasteiger charge is -2.22. The van der Waals surface area contributed by atoms with E-state index in [0.717, 1.165) is 29.8 Å². The second kappa shape index (κ2) is 7.80. The van der Waals surface area contributed by atoms with Crippen LogP contribution in [0.5, 0.6) is 0 Å². The maximum atomic E-state index is 14.3. The highest BCUT2D eigenvalue weighted by Crippen LogP contribution is 2.22. The van der Waals surface area contributed by atoms with Gasteiger partial charge in [-0.15, -0.1) is 0 Å². The number of pyridine rings is 1. The van der Waals surface area contributed by atoms with E-state index >= 15 is 0 Å². The van der Waals surface area contributed by atoms with E-state index in [1.807, 2.05) is 54.4 Å². The normalized spacial score (nSPS) is 16.4.